The van der Waals surface area contributed by atoms with Gasteiger partial charge in [0.1, 0.15) is 0 Å². The van der Waals surface area contributed by atoms with Gasteiger partial charge in [0.25, 0.3) is 0 Å². The first-order valence-corrected chi connectivity index (χ1v) is 3.28. The third kappa shape index (κ3) is 4.17. The average Bonchev–Trinajstić information content (AvgIpc) is 1.41. The fraction of sp³-hybridized carbons (Fsp3) is 0.500. The van der Waals surface area contributed by atoms with E-state index in [-0.39, 0.29) is 0 Å². The Kier molecular flexibility index (Phi) is 4.31. The third-order valence-electron chi connectivity index (χ3n) is 0.333. The normalized spacial score (nSPS) is 12.4. The fourth-order valence-electron chi connectivity index (χ4n) is 0.167. The highest BCUT2D eigenvalue weighted by Crippen LogP contribution is 2.00. The predicted octanol–water partition coefficient (Wildman–Crippen LogP) is 1.83. The Hall–Kier alpha value is 0.170. The van der Waals surface area contributed by atoms with Crippen molar-refractivity contribution in [3.05, 3.63) is 11.9 Å². The monoisotopic (exact) mass is 88.0 g/mol. The molecule has 0 saturated heterocycles. The summed E-state index contributed by atoms with van der Waals surface area (Å²) in [4.78, 5) is 0. The van der Waals surface area contributed by atoms with E-state index in [4.69, 9.17) is 0 Å². The molecule has 30 valence electrons. The topological polar surface area (TPSA) is 0 Å². The Labute approximate surface area is 35.1 Å². The van der Waals surface area contributed by atoms with Crippen LogP contribution < -0.4 is 0 Å². The van der Waals surface area contributed by atoms with Crippen LogP contribution >= 0.6 is 8.58 Å². The molecule has 0 amide bonds. The van der Waals surface area contributed by atoms with E-state index < -0.39 is 0 Å². The molecule has 0 bridgehead atoms. The molecule has 0 saturated carbocycles. The molecule has 1 atom stereocenters. The van der Waals surface area contributed by atoms with E-state index in [1.807, 2.05) is 6.92 Å². The zero-order valence-corrected chi connectivity index (χ0v) is 4.65. The van der Waals surface area contributed by atoms with Gasteiger partial charge >= 0.3 is 0 Å². The van der Waals surface area contributed by atoms with E-state index in [1.54, 1.807) is 0 Å². The lowest BCUT2D eigenvalue weighted by atomic mass is 10.8. The number of hydrogen-bond donors (Lipinski definition) is 0. The Balaban J connectivity index is 2.62. The fourth-order valence-corrected chi connectivity index (χ4v) is 0.500. The quantitative estimate of drug-likeness (QED) is 0.429. The van der Waals surface area contributed by atoms with Gasteiger partial charge in [-0.2, -0.15) is 0 Å². The predicted molar refractivity (Wildman–Crippen MR) is 29.1 cm³/mol. The maximum Gasteiger partial charge on any atom is -0.0437 e. The van der Waals surface area contributed by atoms with Crippen LogP contribution in [0, 0.1) is 0 Å². The average molecular weight is 88.1 g/mol. The molecule has 0 nitrogen and oxygen atoms in total. The van der Waals surface area contributed by atoms with Crippen molar-refractivity contribution in [3.63, 3.8) is 0 Å². The van der Waals surface area contributed by atoms with Crippen LogP contribution in [0.5, 0.6) is 0 Å². The highest BCUT2D eigenvalue weighted by molar-refractivity contribution is 7.40. The molecule has 5 heavy (non-hydrogen) atoms. The van der Waals surface area contributed by atoms with Gasteiger partial charge in [-0.3, -0.25) is 0 Å². The number of rotatable bonds is 1. The minimum absolute atomic E-state index is 0.977. The van der Waals surface area contributed by atoms with Crippen molar-refractivity contribution in [3.8, 4) is 0 Å². The van der Waals surface area contributed by atoms with Gasteiger partial charge in [0.2, 0.25) is 0 Å². The van der Waals surface area contributed by atoms with E-state index in [0.29, 0.717) is 0 Å². The van der Waals surface area contributed by atoms with Crippen LogP contribution in [0.1, 0.15) is 6.92 Å². The molecule has 0 aromatic carbocycles. The van der Waals surface area contributed by atoms with Crippen molar-refractivity contribution >= 4 is 8.58 Å². The Morgan fingerprint density at radius 1 is 1.60 bits per heavy atom. The first-order valence-electron chi connectivity index (χ1n) is 1.70. The molecule has 0 fully saturated rings. The van der Waals surface area contributed by atoms with Gasteiger partial charge < -0.3 is 0 Å². The van der Waals surface area contributed by atoms with E-state index in [2.05, 4.69) is 18.6 Å². The lowest BCUT2D eigenvalue weighted by molar-refractivity contribution is 1.78. The summed E-state index contributed by atoms with van der Waals surface area (Å²) in [5.41, 5.74) is 0. The molecule has 0 aromatic heterocycles. The first-order chi connectivity index (χ1) is 2.41. The molecule has 0 aliphatic heterocycles. The molecule has 0 radical (unpaired) electrons. The lowest BCUT2D eigenvalue weighted by Crippen LogP contribution is -1.30. The van der Waals surface area contributed by atoms with Crippen molar-refractivity contribution in [2.24, 2.45) is 0 Å². The standard InChI is InChI=1S/C4H9P/c1-3-4-5-2/h3-5H,1-2H3. The molecular formula is C4H9P. The minimum Gasteiger partial charge on any atom is -0.102 e. The van der Waals surface area contributed by atoms with Crippen molar-refractivity contribution in [2.75, 3.05) is 6.66 Å². The van der Waals surface area contributed by atoms with Crippen molar-refractivity contribution in [1.82, 2.24) is 0 Å². The van der Waals surface area contributed by atoms with Crippen LogP contribution in [0.3, 0.4) is 0 Å². The molecular weight excluding hydrogens is 79.0 g/mol. The van der Waals surface area contributed by atoms with E-state index in [1.165, 1.54) is 0 Å². The second-order valence-corrected chi connectivity index (χ2v) is 1.70. The molecule has 0 aliphatic carbocycles. The van der Waals surface area contributed by atoms with Gasteiger partial charge in [0.05, 0.1) is 0 Å². The summed E-state index contributed by atoms with van der Waals surface area (Å²) in [5, 5.41) is 0. The van der Waals surface area contributed by atoms with E-state index in [0.717, 1.165) is 8.58 Å². The summed E-state index contributed by atoms with van der Waals surface area (Å²) < 4.78 is 0. The lowest BCUT2D eigenvalue weighted by Gasteiger charge is -1.66. The van der Waals surface area contributed by atoms with Crippen molar-refractivity contribution in [1.29, 1.82) is 0 Å². The first kappa shape index (κ1) is 5.17. The van der Waals surface area contributed by atoms with Crippen LogP contribution in [0.4, 0.5) is 0 Å². The zero-order chi connectivity index (χ0) is 4.12. The van der Waals surface area contributed by atoms with Gasteiger partial charge in [-0.1, -0.05) is 11.9 Å². The zero-order valence-electron chi connectivity index (χ0n) is 3.65. The summed E-state index contributed by atoms with van der Waals surface area (Å²) in [6.07, 6.45) is 2.07. The molecule has 0 heterocycles. The molecule has 0 aromatic rings. The van der Waals surface area contributed by atoms with Crippen LogP contribution in [-0.2, 0) is 0 Å². The second-order valence-electron chi connectivity index (χ2n) is 0.789. The Morgan fingerprint density at radius 2 is 2.20 bits per heavy atom. The maximum absolute atomic E-state index is 2.15. The smallest absolute Gasteiger partial charge is 0.0437 e. The molecule has 0 aliphatic rings. The van der Waals surface area contributed by atoms with Crippen LogP contribution in [0.25, 0.3) is 0 Å². The van der Waals surface area contributed by atoms with E-state index in [9.17, 15) is 0 Å². The largest absolute Gasteiger partial charge is 0.102 e. The Morgan fingerprint density at radius 3 is 2.20 bits per heavy atom. The second kappa shape index (κ2) is 4.17. The molecule has 1 heteroatoms. The Bertz CT molecular complexity index is 30.6. The molecule has 0 N–H and O–H groups in total. The van der Waals surface area contributed by atoms with Crippen LogP contribution in [0.2, 0.25) is 0 Å². The number of allylic oxidation sites excluding steroid dienone is 1. The summed E-state index contributed by atoms with van der Waals surface area (Å²) in [7, 11) is 0.977. The highest BCUT2D eigenvalue weighted by atomic mass is 31.1. The third-order valence-corrected chi connectivity index (χ3v) is 1.00. The van der Waals surface area contributed by atoms with Crippen LogP contribution in [-0.4, -0.2) is 6.66 Å². The van der Waals surface area contributed by atoms with Crippen molar-refractivity contribution in [2.45, 2.75) is 6.92 Å². The van der Waals surface area contributed by atoms with Gasteiger partial charge in [-0.05, 0) is 13.6 Å². The van der Waals surface area contributed by atoms with Gasteiger partial charge in [0, 0.05) is 0 Å². The van der Waals surface area contributed by atoms with Gasteiger partial charge in [0.15, 0.2) is 0 Å². The minimum atomic E-state index is 0.977. The molecule has 0 spiro atoms. The maximum atomic E-state index is 2.15. The summed E-state index contributed by atoms with van der Waals surface area (Å²) in [5.74, 6) is 2.15. The summed E-state index contributed by atoms with van der Waals surface area (Å²) in [6, 6.07) is 0. The SMILES string of the molecule is CC=CPC. The van der Waals surface area contributed by atoms with Gasteiger partial charge in [-0.15, -0.1) is 8.58 Å². The highest BCUT2D eigenvalue weighted by Gasteiger charge is 1.51. The van der Waals surface area contributed by atoms with Gasteiger partial charge in [-0.25, -0.2) is 0 Å². The van der Waals surface area contributed by atoms with Crippen LogP contribution in [0.15, 0.2) is 11.9 Å². The molecule has 1 unspecified atom stereocenters. The van der Waals surface area contributed by atoms with E-state index >= 15 is 0 Å². The summed E-state index contributed by atoms with van der Waals surface area (Å²) in [6.45, 7) is 4.19. The molecule has 0 rings (SSSR count). The summed E-state index contributed by atoms with van der Waals surface area (Å²) >= 11 is 0. The van der Waals surface area contributed by atoms with Crippen molar-refractivity contribution < 1.29 is 0 Å². The number of hydrogen-bond acceptors (Lipinski definition) is 0.